The summed E-state index contributed by atoms with van der Waals surface area (Å²) in [7, 11) is 0. The second-order valence-electron chi connectivity index (χ2n) is 5.48. The molecule has 0 fully saturated rings. The highest BCUT2D eigenvalue weighted by molar-refractivity contribution is 7.80. The van der Waals surface area contributed by atoms with Gasteiger partial charge in [0.15, 0.2) is 0 Å². The number of rotatable bonds is 4. The Morgan fingerprint density at radius 3 is 2.67 bits per heavy atom. The number of benzene rings is 1. The summed E-state index contributed by atoms with van der Waals surface area (Å²) in [4.78, 5) is 17.5. The molecule has 2 rings (SSSR count). The van der Waals surface area contributed by atoms with Gasteiger partial charge in [-0.1, -0.05) is 44.3 Å². The van der Waals surface area contributed by atoms with Crippen molar-refractivity contribution in [3.05, 3.63) is 35.4 Å². The van der Waals surface area contributed by atoms with Gasteiger partial charge < -0.3 is 10.1 Å². The fourth-order valence-corrected chi connectivity index (χ4v) is 2.52. The molecule has 0 radical (unpaired) electrons. The van der Waals surface area contributed by atoms with Crippen LogP contribution in [0.3, 0.4) is 0 Å². The number of hydrogen-bond acceptors (Lipinski definition) is 4. The van der Waals surface area contributed by atoms with E-state index in [1.165, 1.54) is 0 Å². The van der Waals surface area contributed by atoms with Crippen molar-refractivity contribution in [3.8, 4) is 0 Å². The first-order valence-corrected chi connectivity index (χ1v) is 7.48. The van der Waals surface area contributed by atoms with E-state index in [0.29, 0.717) is 23.0 Å². The molecule has 1 aromatic rings. The zero-order valence-corrected chi connectivity index (χ0v) is 13.6. The maximum Gasteiger partial charge on any atom is 0.338 e. The molecule has 0 bridgehead atoms. The number of ether oxygens (including phenoxy) is 1. The van der Waals surface area contributed by atoms with Gasteiger partial charge in [0.25, 0.3) is 0 Å². The normalized spacial score (nSPS) is 21.2. The molecule has 1 atom stereocenters. The van der Waals surface area contributed by atoms with E-state index in [1.807, 2.05) is 25.1 Å². The van der Waals surface area contributed by atoms with E-state index in [9.17, 15) is 4.79 Å². The number of amidine groups is 1. The molecular formula is C16H20N2O2S. The number of hydrogen-bond donors (Lipinski definition) is 1. The van der Waals surface area contributed by atoms with Gasteiger partial charge >= 0.3 is 5.97 Å². The van der Waals surface area contributed by atoms with Gasteiger partial charge in [0, 0.05) is 5.56 Å². The van der Waals surface area contributed by atoms with Crippen LogP contribution in [0.4, 0.5) is 0 Å². The van der Waals surface area contributed by atoms with Gasteiger partial charge in [0.2, 0.25) is 0 Å². The van der Waals surface area contributed by atoms with Crippen LogP contribution in [0.5, 0.6) is 0 Å². The summed E-state index contributed by atoms with van der Waals surface area (Å²) in [6.45, 7) is 8.30. The molecule has 0 amide bonds. The molecular weight excluding hydrogens is 284 g/mol. The lowest BCUT2D eigenvalue weighted by Gasteiger charge is -2.24. The average Bonchev–Trinajstić information content (AvgIpc) is 2.76. The molecule has 0 aliphatic carbocycles. The number of carbonyl (C=O) groups excluding carboxylic acids is 1. The summed E-state index contributed by atoms with van der Waals surface area (Å²) >= 11 is 5.43. The third kappa shape index (κ3) is 2.83. The van der Waals surface area contributed by atoms with Crippen molar-refractivity contribution in [2.75, 3.05) is 6.61 Å². The van der Waals surface area contributed by atoms with Gasteiger partial charge in [0.1, 0.15) is 16.4 Å². The lowest BCUT2D eigenvalue weighted by atomic mass is 9.90. The van der Waals surface area contributed by atoms with Crippen LogP contribution >= 0.6 is 12.2 Å². The SMILES string of the molecule is CCOC(=O)c1ccccc1C1=NC(C)(C(C)C)C(=S)N1. The van der Waals surface area contributed by atoms with Crippen molar-refractivity contribution in [1.29, 1.82) is 0 Å². The van der Waals surface area contributed by atoms with Crippen molar-refractivity contribution >= 4 is 29.0 Å². The topological polar surface area (TPSA) is 50.7 Å². The lowest BCUT2D eigenvalue weighted by molar-refractivity contribution is 0.0526. The monoisotopic (exact) mass is 304 g/mol. The number of aliphatic imine (C=N–C) groups is 1. The van der Waals surface area contributed by atoms with Crippen LogP contribution in [0.1, 0.15) is 43.6 Å². The van der Waals surface area contributed by atoms with Crippen LogP contribution in [0, 0.1) is 5.92 Å². The fraction of sp³-hybridized carbons (Fsp3) is 0.438. The van der Waals surface area contributed by atoms with Crippen LogP contribution in [0.2, 0.25) is 0 Å². The zero-order chi connectivity index (χ0) is 15.6. The van der Waals surface area contributed by atoms with Gasteiger partial charge in [0.05, 0.1) is 12.2 Å². The second-order valence-corrected chi connectivity index (χ2v) is 5.89. The molecule has 0 spiro atoms. The van der Waals surface area contributed by atoms with Crippen LogP contribution in [-0.4, -0.2) is 28.9 Å². The smallest absolute Gasteiger partial charge is 0.338 e. The van der Waals surface area contributed by atoms with Crippen molar-refractivity contribution < 1.29 is 9.53 Å². The molecule has 1 aliphatic heterocycles. The van der Waals surface area contributed by atoms with E-state index in [-0.39, 0.29) is 11.9 Å². The first-order valence-electron chi connectivity index (χ1n) is 7.08. The highest BCUT2D eigenvalue weighted by Gasteiger charge is 2.39. The largest absolute Gasteiger partial charge is 0.462 e. The Bertz CT molecular complexity index is 610. The van der Waals surface area contributed by atoms with Crippen LogP contribution < -0.4 is 5.32 Å². The predicted octanol–water partition coefficient (Wildman–Crippen LogP) is 2.96. The van der Waals surface area contributed by atoms with Gasteiger partial charge in [-0.05, 0) is 25.8 Å². The third-order valence-corrected chi connectivity index (χ3v) is 4.35. The molecule has 0 saturated heterocycles. The Morgan fingerprint density at radius 1 is 1.43 bits per heavy atom. The van der Waals surface area contributed by atoms with Crippen molar-refractivity contribution in [2.24, 2.45) is 10.9 Å². The zero-order valence-electron chi connectivity index (χ0n) is 12.8. The number of nitrogens with zero attached hydrogens (tertiary/aromatic N) is 1. The fourth-order valence-electron chi connectivity index (χ4n) is 2.14. The van der Waals surface area contributed by atoms with E-state index in [0.717, 1.165) is 5.56 Å². The highest BCUT2D eigenvalue weighted by atomic mass is 32.1. The Morgan fingerprint density at radius 2 is 2.10 bits per heavy atom. The maximum absolute atomic E-state index is 12.1. The third-order valence-electron chi connectivity index (χ3n) is 3.84. The van der Waals surface area contributed by atoms with Crippen molar-refractivity contribution in [3.63, 3.8) is 0 Å². The summed E-state index contributed by atoms with van der Waals surface area (Å²) in [6, 6.07) is 7.28. The molecule has 1 heterocycles. The summed E-state index contributed by atoms with van der Waals surface area (Å²) < 4.78 is 5.10. The quantitative estimate of drug-likeness (QED) is 0.686. The standard InChI is InChI=1S/C16H20N2O2S/c1-5-20-14(19)12-9-7-6-8-11(12)13-17-15(21)16(4,18-13)10(2)3/h6-10H,5H2,1-4H3,(H,17,18,21). The minimum Gasteiger partial charge on any atom is -0.462 e. The summed E-state index contributed by atoms with van der Waals surface area (Å²) in [5.41, 5.74) is 0.788. The van der Waals surface area contributed by atoms with E-state index < -0.39 is 5.54 Å². The summed E-state index contributed by atoms with van der Waals surface area (Å²) in [6.07, 6.45) is 0. The van der Waals surface area contributed by atoms with Crippen LogP contribution in [-0.2, 0) is 4.74 Å². The number of nitrogens with one attached hydrogen (secondary N) is 1. The van der Waals surface area contributed by atoms with Gasteiger partial charge in [-0.15, -0.1) is 0 Å². The predicted molar refractivity (Wildman–Crippen MR) is 87.9 cm³/mol. The average molecular weight is 304 g/mol. The van der Waals surface area contributed by atoms with Gasteiger partial charge in [-0.2, -0.15) is 0 Å². The van der Waals surface area contributed by atoms with Crippen LogP contribution in [0.25, 0.3) is 0 Å². The Kier molecular flexibility index (Phi) is 4.42. The first-order chi connectivity index (χ1) is 9.90. The minimum atomic E-state index is -0.438. The van der Waals surface area contributed by atoms with E-state index >= 15 is 0 Å². The Balaban J connectivity index is 2.45. The number of thiocarbonyl (C=S) groups is 1. The Hall–Kier alpha value is -1.75. The van der Waals surface area contributed by atoms with E-state index in [4.69, 9.17) is 21.9 Å². The molecule has 112 valence electrons. The highest BCUT2D eigenvalue weighted by Crippen LogP contribution is 2.28. The first kappa shape index (κ1) is 15.6. The molecule has 4 nitrogen and oxygen atoms in total. The molecule has 0 saturated carbocycles. The molecule has 1 unspecified atom stereocenters. The van der Waals surface area contributed by atoms with Crippen LogP contribution in [0.15, 0.2) is 29.3 Å². The molecule has 1 aliphatic rings. The summed E-state index contributed by atoms with van der Waals surface area (Å²) in [5.74, 6) is 0.561. The van der Waals surface area contributed by atoms with E-state index in [2.05, 4.69) is 19.2 Å². The second kappa shape index (κ2) is 5.93. The van der Waals surface area contributed by atoms with Gasteiger partial charge in [-0.25, -0.2) is 4.79 Å². The molecule has 0 aromatic heterocycles. The maximum atomic E-state index is 12.1. The Labute approximate surface area is 130 Å². The minimum absolute atomic E-state index is 0.268. The molecule has 21 heavy (non-hydrogen) atoms. The number of esters is 1. The summed E-state index contributed by atoms with van der Waals surface area (Å²) in [5, 5.41) is 3.15. The van der Waals surface area contributed by atoms with Crippen molar-refractivity contribution in [2.45, 2.75) is 33.2 Å². The molecule has 1 N–H and O–H groups in total. The molecule has 5 heteroatoms. The lowest BCUT2D eigenvalue weighted by Crippen LogP contribution is -2.39. The van der Waals surface area contributed by atoms with Gasteiger partial charge in [-0.3, -0.25) is 4.99 Å². The number of carbonyl (C=O) groups is 1. The molecule has 1 aromatic carbocycles. The van der Waals surface area contributed by atoms with E-state index in [1.54, 1.807) is 13.0 Å². The van der Waals surface area contributed by atoms with Crippen molar-refractivity contribution in [1.82, 2.24) is 5.32 Å².